The maximum absolute atomic E-state index is 12.7. The number of carbonyl (C=O) groups is 2. The molecule has 2 amide bonds. The maximum Gasteiger partial charge on any atom is 0.246 e. The van der Waals surface area contributed by atoms with Crippen LogP contribution in [0.3, 0.4) is 0 Å². The van der Waals surface area contributed by atoms with E-state index in [0.717, 1.165) is 6.42 Å². The minimum absolute atomic E-state index is 0.0295. The third-order valence-corrected chi connectivity index (χ3v) is 3.83. The highest BCUT2D eigenvalue weighted by Crippen LogP contribution is 2.21. The first-order valence-electron chi connectivity index (χ1n) is 7.39. The third kappa shape index (κ3) is 3.06. The Morgan fingerprint density at radius 3 is 2.62 bits per heavy atom. The molecule has 1 aliphatic rings. The van der Waals surface area contributed by atoms with Gasteiger partial charge in [-0.2, -0.15) is 5.10 Å². The second-order valence-electron chi connectivity index (χ2n) is 5.80. The van der Waals surface area contributed by atoms with Crippen LogP contribution in [0.1, 0.15) is 39.4 Å². The molecule has 1 fully saturated rings. The van der Waals surface area contributed by atoms with E-state index < -0.39 is 12.1 Å². The Morgan fingerprint density at radius 2 is 2.10 bits per heavy atom. The van der Waals surface area contributed by atoms with Gasteiger partial charge in [-0.25, -0.2) is 4.98 Å². The van der Waals surface area contributed by atoms with Gasteiger partial charge < -0.3 is 10.2 Å². The Balaban J connectivity index is 2.27. The lowest BCUT2D eigenvalue weighted by Gasteiger charge is -2.40. The predicted molar refractivity (Wildman–Crippen MR) is 77.0 cm³/mol. The van der Waals surface area contributed by atoms with Gasteiger partial charge in [0.1, 0.15) is 24.2 Å². The van der Waals surface area contributed by atoms with Crippen molar-refractivity contribution in [1.29, 1.82) is 0 Å². The predicted octanol–water partition coefficient (Wildman–Crippen LogP) is 0.467. The zero-order valence-corrected chi connectivity index (χ0v) is 13.0. The highest BCUT2D eigenvalue weighted by Gasteiger charge is 2.41. The fourth-order valence-corrected chi connectivity index (χ4v) is 2.74. The van der Waals surface area contributed by atoms with E-state index in [4.69, 9.17) is 0 Å². The molecule has 1 aromatic heterocycles. The lowest BCUT2D eigenvalue weighted by Crippen LogP contribution is -2.64. The molecule has 0 radical (unpaired) electrons. The van der Waals surface area contributed by atoms with Crippen molar-refractivity contribution in [2.75, 3.05) is 0 Å². The summed E-state index contributed by atoms with van der Waals surface area (Å²) in [6, 6.07) is -0.881. The molecular weight excluding hydrogens is 270 g/mol. The number of rotatable bonds is 5. The SMILES string of the molecule is CCCC1NC(=O)C(C(C)C)N(Cc2ncnn2C)C1=O. The van der Waals surface area contributed by atoms with Crippen LogP contribution in [0.25, 0.3) is 0 Å². The van der Waals surface area contributed by atoms with Crippen LogP contribution < -0.4 is 5.32 Å². The van der Waals surface area contributed by atoms with E-state index in [9.17, 15) is 9.59 Å². The summed E-state index contributed by atoms with van der Waals surface area (Å²) in [6.45, 7) is 6.20. The number of carbonyl (C=O) groups excluding carboxylic acids is 2. The summed E-state index contributed by atoms with van der Waals surface area (Å²) in [5.41, 5.74) is 0. The molecule has 1 aliphatic heterocycles. The quantitative estimate of drug-likeness (QED) is 0.855. The number of hydrogen-bond donors (Lipinski definition) is 1. The van der Waals surface area contributed by atoms with Crippen molar-refractivity contribution in [3.63, 3.8) is 0 Å². The Morgan fingerprint density at radius 1 is 1.38 bits per heavy atom. The van der Waals surface area contributed by atoms with Gasteiger partial charge in [-0.1, -0.05) is 27.2 Å². The molecule has 0 saturated carbocycles. The molecule has 2 heterocycles. The Bertz CT molecular complexity index is 525. The molecule has 0 spiro atoms. The number of hydrogen-bond acceptors (Lipinski definition) is 4. The molecule has 2 unspecified atom stereocenters. The van der Waals surface area contributed by atoms with E-state index in [1.54, 1.807) is 16.6 Å². The fraction of sp³-hybridized carbons (Fsp3) is 0.714. The maximum atomic E-state index is 12.7. The summed E-state index contributed by atoms with van der Waals surface area (Å²) in [5, 5.41) is 6.87. The van der Waals surface area contributed by atoms with Gasteiger partial charge in [0.25, 0.3) is 0 Å². The molecule has 2 rings (SSSR count). The average molecular weight is 293 g/mol. The van der Waals surface area contributed by atoms with E-state index in [1.807, 2.05) is 20.8 Å². The lowest BCUT2D eigenvalue weighted by atomic mass is 9.95. The van der Waals surface area contributed by atoms with Crippen LogP contribution in [0.15, 0.2) is 6.33 Å². The standard InChI is InChI=1S/C14H23N5O2/c1-5-6-10-14(21)19(7-11-15-8-16-18(11)4)12(9(2)3)13(20)17-10/h8-10,12H,5-7H2,1-4H3,(H,17,20). The molecule has 0 aromatic carbocycles. The summed E-state index contributed by atoms with van der Waals surface area (Å²) < 4.78 is 1.63. The van der Waals surface area contributed by atoms with Gasteiger partial charge >= 0.3 is 0 Å². The minimum Gasteiger partial charge on any atom is -0.342 e. The van der Waals surface area contributed by atoms with Crippen LogP contribution in [0.5, 0.6) is 0 Å². The molecule has 1 saturated heterocycles. The van der Waals surface area contributed by atoms with Crippen molar-refractivity contribution in [2.45, 2.75) is 52.2 Å². The summed E-state index contributed by atoms with van der Waals surface area (Å²) in [6.07, 6.45) is 2.96. The Kier molecular flexibility index (Phi) is 4.59. The van der Waals surface area contributed by atoms with Crippen LogP contribution in [-0.2, 0) is 23.2 Å². The van der Waals surface area contributed by atoms with E-state index >= 15 is 0 Å². The highest BCUT2D eigenvalue weighted by atomic mass is 16.2. The molecular formula is C14H23N5O2. The van der Waals surface area contributed by atoms with Crippen LogP contribution in [0.4, 0.5) is 0 Å². The fourth-order valence-electron chi connectivity index (χ4n) is 2.74. The first-order valence-corrected chi connectivity index (χ1v) is 7.39. The van der Waals surface area contributed by atoms with E-state index in [2.05, 4.69) is 15.4 Å². The number of amides is 2. The average Bonchev–Trinajstić information content (AvgIpc) is 2.80. The summed E-state index contributed by atoms with van der Waals surface area (Å²) >= 11 is 0. The van der Waals surface area contributed by atoms with Gasteiger partial charge in [-0.3, -0.25) is 14.3 Å². The smallest absolute Gasteiger partial charge is 0.246 e. The zero-order chi connectivity index (χ0) is 15.6. The van der Waals surface area contributed by atoms with E-state index in [-0.39, 0.29) is 17.7 Å². The van der Waals surface area contributed by atoms with Crippen molar-refractivity contribution in [2.24, 2.45) is 13.0 Å². The molecule has 116 valence electrons. The van der Waals surface area contributed by atoms with Gasteiger partial charge in [-0.05, 0) is 12.3 Å². The first kappa shape index (κ1) is 15.5. The molecule has 21 heavy (non-hydrogen) atoms. The molecule has 1 aromatic rings. The molecule has 0 bridgehead atoms. The van der Waals surface area contributed by atoms with E-state index in [1.165, 1.54) is 6.33 Å². The second-order valence-corrected chi connectivity index (χ2v) is 5.80. The third-order valence-electron chi connectivity index (χ3n) is 3.83. The number of aryl methyl sites for hydroxylation is 1. The van der Waals surface area contributed by atoms with Crippen molar-refractivity contribution >= 4 is 11.8 Å². The van der Waals surface area contributed by atoms with Crippen LogP contribution >= 0.6 is 0 Å². The number of nitrogens with one attached hydrogen (secondary N) is 1. The monoisotopic (exact) mass is 293 g/mol. The molecule has 2 atom stereocenters. The minimum atomic E-state index is -0.456. The molecule has 7 heteroatoms. The van der Waals surface area contributed by atoms with Gasteiger partial charge in [0, 0.05) is 7.05 Å². The largest absolute Gasteiger partial charge is 0.342 e. The Hall–Kier alpha value is -1.92. The Labute approximate surface area is 124 Å². The second kappa shape index (κ2) is 6.24. The van der Waals surface area contributed by atoms with Crippen LogP contribution in [0, 0.1) is 5.92 Å². The molecule has 7 nitrogen and oxygen atoms in total. The molecule has 1 N–H and O–H groups in total. The summed E-state index contributed by atoms with van der Waals surface area (Å²) in [7, 11) is 1.78. The normalized spacial score (nSPS) is 22.8. The van der Waals surface area contributed by atoms with Crippen LogP contribution in [-0.4, -0.2) is 43.6 Å². The van der Waals surface area contributed by atoms with Crippen molar-refractivity contribution < 1.29 is 9.59 Å². The zero-order valence-electron chi connectivity index (χ0n) is 13.0. The molecule has 0 aliphatic carbocycles. The topological polar surface area (TPSA) is 80.1 Å². The van der Waals surface area contributed by atoms with E-state index in [0.29, 0.717) is 18.8 Å². The lowest BCUT2D eigenvalue weighted by molar-refractivity contribution is -0.152. The van der Waals surface area contributed by atoms with Crippen molar-refractivity contribution in [1.82, 2.24) is 25.0 Å². The van der Waals surface area contributed by atoms with Gasteiger partial charge in [-0.15, -0.1) is 0 Å². The summed E-state index contributed by atoms with van der Waals surface area (Å²) in [5.74, 6) is 0.618. The van der Waals surface area contributed by atoms with Gasteiger partial charge in [0.05, 0.1) is 6.54 Å². The van der Waals surface area contributed by atoms with Crippen molar-refractivity contribution in [3.05, 3.63) is 12.2 Å². The number of piperazine rings is 1. The van der Waals surface area contributed by atoms with Crippen LogP contribution in [0.2, 0.25) is 0 Å². The van der Waals surface area contributed by atoms with Gasteiger partial charge in [0.2, 0.25) is 11.8 Å². The highest BCUT2D eigenvalue weighted by molar-refractivity contribution is 5.97. The van der Waals surface area contributed by atoms with Crippen molar-refractivity contribution in [3.8, 4) is 0 Å². The number of nitrogens with zero attached hydrogens (tertiary/aromatic N) is 4. The summed E-state index contributed by atoms with van der Waals surface area (Å²) in [4.78, 5) is 30.8. The number of aromatic nitrogens is 3. The van der Waals surface area contributed by atoms with Gasteiger partial charge in [0.15, 0.2) is 0 Å². The first-order chi connectivity index (χ1) is 9.95.